The quantitative estimate of drug-likeness (QED) is 0.715. The molecule has 7 nitrogen and oxygen atoms in total. The zero-order valence-corrected chi connectivity index (χ0v) is 15.5. The molecule has 0 N–H and O–H groups in total. The molecule has 27 heavy (non-hydrogen) atoms. The van der Waals surface area contributed by atoms with Crippen molar-refractivity contribution in [3.8, 4) is 5.82 Å². The molecule has 4 rings (SSSR count). The van der Waals surface area contributed by atoms with Crippen LogP contribution in [0.5, 0.6) is 0 Å². The first-order chi connectivity index (χ1) is 13.1. The molecule has 0 radical (unpaired) electrons. The molecule has 138 valence electrons. The van der Waals surface area contributed by atoms with Gasteiger partial charge in [-0.05, 0) is 26.0 Å². The molecule has 0 atom stereocenters. The third-order valence-corrected chi connectivity index (χ3v) is 4.77. The molecule has 1 saturated heterocycles. The van der Waals surface area contributed by atoms with Crippen LogP contribution in [-0.4, -0.2) is 56.5 Å². The van der Waals surface area contributed by atoms with Crippen molar-refractivity contribution in [2.75, 3.05) is 31.1 Å². The zero-order valence-electron chi connectivity index (χ0n) is 15.5. The summed E-state index contributed by atoms with van der Waals surface area (Å²) in [7, 11) is 0. The lowest BCUT2D eigenvalue weighted by Crippen LogP contribution is -2.49. The van der Waals surface area contributed by atoms with Crippen molar-refractivity contribution >= 4 is 11.7 Å². The topological polar surface area (TPSA) is 67.2 Å². The number of aromatic nitrogens is 4. The summed E-state index contributed by atoms with van der Waals surface area (Å²) in [6, 6.07) is 9.71. The van der Waals surface area contributed by atoms with E-state index in [2.05, 4.69) is 19.9 Å². The van der Waals surface area contributed by atoms with Crippen LogP contribution in [-0.2, 0) is 0 Å². The molecule has 0 bridgehead atoms. The van der Waals surface area contributed by atoms with Crippen molar-refractivity contribution in [2.45, 2.75) is 13.8 Å². The average molecular weight is 362 g/mol. The average Bonchev–Trinajstić information content (AvgIpc) is 3.23. The number of rotatable bonds is 3. The van der Waals surface area contributed by atoms with Crippen LogP contribution in [0.1, 0.15) is 21.7 Å². The van der Waals surface area contributed by atoms with Crippen LogP contribution < -0.4 is 4.90 Å². The van der Waals surface area contributed by atoms with Crippen molar-refractivity contribution in [1.29, 1.82) is 0 Å². The molecule has 7 heteroatoms. The van der Waals surface area contributed by atoms with Crippen LogP contribution in [0.2, 0.25) is 0 Å². The number of hydrogen-bond acceptors (Lipinski definition) is 5. The summed E-state index contributed by atoms with van der Waals surface area (Å²) in [4.78, 5) is 29.9. The molecule has 0 unspecified atom stereocenters. The number of carbonyl (C=O) groups is 1. The van der Waals surface area contributed by atoms with E-state index in [1.165, 1.54) is 0 Å². The van der Waals surface area contributed by atoms with Crippen molar-refractivity contribution in [2.24, 2.45) is 0 Å². The van der Waals surface area contributed by atoms with E-state index in [9.17, 15) is 4.79 Å². The fourth-order valence-corrected chi connectivity index (χ4v) is 3.24. The van der Waals surface area contributed by atoms with E-state index in [-0.39, 0.29) is 5.91 Å². The van der Waals surface area contributed by atoms with Crippen LogP contribution >= 0.6 is 0 Å². The van der Waals surface area contributed by atoms with Gasteiger partial charge < -0.3 is 9.80 Å². The van der Waals surface area contributed by atoms with E-state index in [1.54, 1.807) is 12.5 Å². The van der Waals surface area contributed by atoms with Crippen molar-refractivity contribution in [1.82, 2.24) is 24.4 Å². The van der Waals surface area contributed by atoms with E-state index in [0.29, 0.717) is 13.1 Å². The number of anilines is 1. The van der Waals surface area contributed by atoms with Gasteiger partial charge in [-0.3, -0.25) is 9.36 Å². The Hall–Kier alpha value is -3.22. The first-order valence-corrected chi connectivity index (χ1v) is 9.05. The minimum absolute atomic E-state index is 0.0904. The highest BCUT2D eigenvalue weighted by atomic mass is 16.2. The van der Waals surface area contributed by atoms with Gasteiger partial charge in [0.15, 0.2) is 0 Å². The van der Waals surface area contributed by atoms with Gasteiger partial charge in [-0.1, -0.05) is 17.7 Å². The van der Waals surface area contributed by atoms with Crippen LogP contribution in [0.25, 0.3) is 5.82 Å². The van der Waals surface area contributed by atoms with Gasteiger partial charge in [0.25, 0.3) is 5.91 Å². The predicted molar refractivity (Wildman–Crippen MR) is 103 cm³/mol. The van der Waals surface area contributed by atoms with Gasteiger partial charge in [-0.2, -0.15) is 0 Å². The summed E-state index contributed by atoms with van der Waals surface area (Å²) < 4.78 is 1.87. The van der Waals surface area contributed by atoms with Crippen LogP contribution in [0.15, 0.2) is 49.1 Å². The number of carbonyl (C=O) groups excluding carboxylic acids is 1. The summed E-state index contributed by atoms with van der Waals surface area (Å²) >= 11 is 0. The molecular formula is C20H22N6O. The van der Waals surface area contributed by atoms with Gasteiger partial charge in [-0.25, -0.2) is 15.0 Å². The standard InChI is InChI=1S/C20H22N6O/c1-15-3-5-17(6-4-15)20(27)25-11-9-24(10-12-25)18-13-19(23-16(2)22-18)26-8-7-21-14-26/h3-8,13-14H,9-12H2,1-2H3. The van der Waals surface area contributed by atoms with Gasteiger partial charge in [0.05, 0.1) is 0 Å². The molecule has 1 aliphatic heterocycles. The van der Waals surface area contributed by atoms with Crippen molar-refractivity contribution in [3.05, 3.63) is 66.0 Å². The minimum atomic E-state index is 0.0904. The smallest absolute Gasteiger partial charge is 0.253 e. The highest BCUT2D eigenvalue weighted by molar-refractivity contribution is 5.94. The second-order valence-corrected chi connectivity index (χ2v) is 6.75. The lowest BCUT2D eigenvalue weighted by atomic mass is 10.1. The van der Waals surface area contributed by atoms with Crippen LogP contribution in [0.3, 0.4) is 0 Å². The molecule has 0 saturated carbocycles. The SMILES string of the molecule is Cc1ccc(C(=O)N2CCN(c3cc(-n4ccnc4)nc(C)n3)CC2)cc1. The first kappa shape index (κ1) is 17.2. The van der Waals surface area contributed by atoms with E-state index in [4.69, 9.17) is 0 Å². The highest BCUT2D eigenvalue weighted by Gasteiger charge is 2.23. The maximum atomic E-state index is 12.7. The second kappa shape index (κ2) is 7.19. The summed E-state index contributed by atoms with van der Waals surface area (Å²) in [6.45, 7) is 6.76. The molecule has 0 spiro atoms. The molecule has 2 aromatic heterocycles. The Morgan fingerprint density at radius 1 is 0.963 bits per heavy atom. The number of nitrogens with zero attached hydrogens (tertiary/aromatic N) is 6. The summed E-state index contributed by atoms with van der Waals surface area (Å²) in [5.74, 6) is 2.49. The van der Waals surface area contributed by atoms with Crippen molar-refractivity contribution < 1.29 is 4.79 Å². The fraction of sp³-hybridized carbons (Fsp3) is 0.300. The zero-order chi connectivity index (χ0) is 18.8. The molecule has 3 aromatic rings. The third kappa shape index (κ3) is 3.67. The summed E-state index contributed by atoms with van der Waals surface area (Å²) in [5.41, 5.74) is 1.90. The molecule has 1 aromatic carbocycles. The molecule has 1 aliphatic rings. The number of imidazole rings is 1. The number of amides is 1. The Morgan fingerprint density at radius 3 is 2.33 bits per heavy atom. The Morgan fingerprint density at radius 2 is 1.67 bits per heavy atom. The number of hydrogen-bond donors (Lipinski definition) is 0. The van der Waals surface area contributed by atoms with Gasteiger partial charge in [0, 0.05) is 50.2 Å². The summed E-state index contributed by atoms with van der Waals surface area (Å²) in [5, 5.41) is 0. The minimum Gasteiger partial charge on any atom is -0.353 e. The predicted octanol–water partition coefficient (Wildman–Crippen LogP) is 2.24. The highest BCUT2D eigenvalue weighted by Crippen LogP contribution is 2.18. The van der Waals surface area contributed by atoms with Crippen LogP contribution in [0.4, 0.5) is 5.82 Å². The Bertz CT molecular complexity index is 928. The van der Waals surface area contributed by atoms with E-state index < -0.39 is 0 Å². The van der Waals surface area contributed by atoms with Gasteiger partial charge >= 0.3 is 0 Å². The lowest BCUT2D eigenvalue weighted by Gasteiger charge is -2.35. The maximum Gasteiger partial charge on any atom is 0.253 e. The normalized spacial score (nSPS) is 14.4. The molecule has 1 amide bonds. The largest absolute Gasteiger partial charge is 0.353 e. The first-order valence-electron chi connectivity index (χ1n) is 9.05. The van der Waals surface area contributed by atoms with E-state index >= 15 is 0 Å². The Kier molecular flexibility index (Phi) is 4.58. The number of aryl methyl sites for hydroxylation is 2. The lowest BCUT2D eigenvalue weighted by molar-refractivity contribution is 0.0746. The van der Waals surface area contributed by atoms with Gasteiger partial charge in [-0.15, -0.1) is 0 Å². The molecule has 1 fully saturated rings. The Balaban J connectivity index is 1.46. The van der Waals surface area contributed by atoms with E-state index in [1.807, 2.05) is 59.8 Å². The maximum absolute atomic E-state index is 12.7. The van der Waals surface area contributed by atoms with Gasteiger partial charge in [0.1, 0.15) is 23.8 Å². The third-order valence-electron chi connectivity index (χ3n) is 4.77. The van der Waals surface area contributed by atoms with Crippen molar-refractivity contribution in [3.63, 3.8) is 0 Å². The monoisotopic (exact) mass is 362 g/mol. The van der Waals surface area contributed by atoms with Gasteiger partial charge in [0.2, 0.25) is 0 Å². The van der Waals surface area contributed by atoms with Crippen LogP contribution in [0, 0.1) is 13.8 Å². The second-order valence-electron chi connectivity index (χ2n) is 6.75. The fourth-order valence-electron chi connectivity index (χ4n) is 3.24. The molecule has 3 heterocycles. The van der Waals surface area contributed by atoms with E-state index in [0.717, 1.165) is 41.7 Å². The number of benzene rings is 1. The molecule has 0 aliphatic carbocycles. The molecular weight excluding hydrogens is 340 g/mol. The Labute approximate surface area is 158 Å². The number of piperazine rings is 1. The summed E-state index contributed by atoms with van der Waals surface area (Å²) in [6.07, 6.45) is 5.32.